The molecule has 0 aliphatic heterocycles. The van der Waals surface area contributed by atoms with Crippen molar-refractivity contribution < 1.29 is 8.78 Å². The Kier molecular flexibility index (Phi) is 3.49. The Morgan fingerprint density at radius 2 is 2.00 bits per heavy atom. The first-order valence-electron chi connectivity index (χ1n) is 4.90. The first-order valence-corrected chi connectivity index (χ1v) is 5.69. The molecule has 1 aromatic carbocycles. The Morgan fingerprint density at radius 3 is 2.65 bits per heavy atom. The summed E-state index contributed by atoms with van der Waals surface area (Å²) in [4.78, 5) is 3.94. The molecular formula is C12H9BrF2N2. The first kappa shape index (κ1) is 12.1. The number of benzene rings is 1. The lowest BCUT2D eigenvalue weighted by Crippen LogP contribution is -2.13. The van der Waals surface area contributed by atoms with Gasteiger partial charge in [0.15, 0.2) is 11.6 Å². The van der Waals surface area contributed by atoms with E-state index in [0.29, 0.717) is 5.56 Å². The molecule has 5 heteroatoms. The van der Waals surface area contributed by atoms with Crippen LogP contribution in [0.5, 0.6) is 0 Å². The number of halogens is 3. The summed E-state index contributed by atoms with van der Waals surface area (Å²) in [5.41, 5.74) is 7.20. The topological polar surface area (TPSA) is 38.9 Å². The molecule has 1 heterocycles. The van der Waals surface area contributed by atoms with Crippen molar-refractivity contribution in [2.45, 2.75) is 6.04 Å². The zero-order chi connectivity index (χ0) is 12.4. The molecule has 0 bridgehead atoms. The summed E-state index contributed by atoms with van der Waals surface area (Å²) in [5.74, 6) is -1.83. The molecule has 1 aromatic heterocycles. The van der Waals surface area contributed by atoms with Crippen LogP contribution in [-0.2, 0) is 0 Å². The van der Waals surface area contributed by atoms with Gasteiger partial charge >= 0.3 is 0 Å². The van der Waals surface area contributed by atoms with Gasteiger partial charge in [-0.15, -0.1) is 0 Å². The first-order chi connectivity index (χ1) is 8.11. The molecule has 2 N–H and O–H groups in total. The van der Waals surface area contributed by atoms with Gasteiger partial charge in [0.05, 0.1) is 10.5 Å². The summed E-state index contributed by atoms with van der Waals surface area (Å²) in [6.07, 6.45) is 3.22. The monoisotopic (exact) mass is 298 g/mol. The molecule has 2 nitrogen and oxygen atoms in total. The molecular weight excluding hydrogens is 290 g/mol. The Labute approximate surface area is 106 Å². The standard InChI is InChI=1S/C12H9BrF2N2/c13-10-8(3-4-9(14)11(10)15)12(16)7-2-1-5-17-6-7/h1-6,12H,16H2. The van der Waals surface area contributed by atoms with Crippen molar-refractivity contribution in [1.29, 1.82) is 0 Å². The zero-order valence-corrected chi connectivity index (χ0v) is 10.3. The fraction of sp³-hybridized carbons (Fsp3) is 0.0833. The van der Waals surface area contributed by atoms with Crippen LogP contribution in [0, 0.1) is 11.6 Å². The van der Waals surface area contributed by atoms with Crippen LogP contribution >= 0.6 is 15.9 Å². The van der Waals surface area contributed by atoms with Crippen molar-refractivity contribution in [1.82, 2.24) is 4.98 Å². The van der Waals surface area contributed by atoms with E-state index in [4.69, 9.17) is 5.73 Å². The lowest BCUT2D eigenvalue weighted by atomic mass is 10.0. The summed E-state index contributed by atoms with van der Waals surface area (Å²) in [6.45, 7) is 0. The van der Waals surface area contributed by atoms with Gasteiger partial charge in [0.25, 0.3) is 0 Å². The third-order valence-electron chi connectivity index (χ3n) is 2.44. The quantitative estimate of drug-likeness (QED) is 0.865. The number of hydrogen-bond donors (Lipinski definition) is 1. The molecule has 0 spiro atoms. The van der Waals surface area contributed by atoms with E-state index in [0.717, 1.165) is 11.6 Å². The SMILES string of the molecule is NC(c1cccnc1)c1ccc(F)c(F)c1Br. The van der Waals surface area contributed by atoms with Gasteiger partial charge in [-0.25, -0.2) is 8.78 Å². The minimum Gasteiger partial charge on any atom is -0.320 e. The summed E-state index contributed by atoms with van der Waals surface area (Å²) in [6, 6.07) is 5.49. The highest BCUT2D eigenvalue weighted by Gasteiger charge is 2.17. The number of rotatable bonds is 2. The van der Waals surface area contributed by atoms with Gasteiger partial charge < -0.3 is 5.73 Å². The average molecular weight is 299 g/mol. The fourth-order valence-electron chi connectivity index (χ4n) is 1.52. The van der Waals surface area contributed by atoms with Crippen LogP contribution in [0.1, 0.15) is 17.2 Å². The number of nitrogens with zero attached hydrogens (tertiary/aromatic N) is 1. The van der Waals surface area contributed by atoms with Crippen molar-refractivity contribution >= 4 is 15.9 Å². The van der Waals surface area contributed by atoms with Crippen molar-refractivity contribution in [3.8, 4) is 0 Å². The van der Waals surface area contributed by atoms with E-state index in [1.807, 2.05) is 0 Å². The predicted molar refractivity (Wildman–Crippen MR) is 64.3 cm³/mol. The molecule has 17 heavy (non-hydrogen) atoms. The second-order valence-electron chi connectivity index (χ2n) is 3.53. The van der Waals surface area contributed by atoms with Crippen molar-refractivity contribution in [3.05, 3.63) is 63.9 Å². The Bertz CT molecular complexity index is 532. The van der Waals surface area contributed by atoms with Crippen LogP contribution in [0.15, 0.2) is 41.1 Å². The minimum atomic E-state index is -0.929. The summed E-state index contributed by atoms with van der Waals surface area (Å²) in [5, 5.41) is 0. The Balaban J connectivity index is 2.45. The second kappa shape index (κ2) is 4.89. The van der Waals surface area contributed by atoms with Crippen LogP contribution in [0.3, 0.4) is 0 Å². The van der Waals surface area contributed by atoms with E-state index in [2.05, 4.69) is 20.9 Å². The molecule has 0 aliphatic rings. The van der Waals surface area contributed by atoms with E-state index in [-0.39, 0.29) is 4.47 Å². The van der Waals surface area contributed by atoms with Gasteiger partial charge in [-0.3, -0.25) is 4.98 Å². The number of pyridine rings is 1. The summed E-state index contributed by atoms with van der Waals surface area (Å²) < 4.78 is 26.4. The molecule has 0 saturated carbocycles. The number of hydrogen-bond acceptors (Lipinski definition) is 2. The molecule has 0 amide bonds. The molecule has 88 valence electrons. The molecule has 1 atom stereocenters. The predicted octanol–water partition coefficient (Wildman–Crippen LogP) is 3.17. The minimum absolute atomic E-state index is 0.0499. The normalized spacial score (nSPS) is 12.5. The van der Waals surface area contributed by atoms with E-state index in [1.54, 1.807) is 24.5 Å². The maximum absolute atomic E-state index is 13.4. The molecule has 0 aliphatic carbocycles. The molecule has 0 radical (unpaired) electrons. The summed E-state index contributed by atoms with van der Waals surface area (Å²) >= 11 is 3.01. The van der Waals surface area contributed by atoms with Crippen LogP contribution in [-0.4, -0.2) is 4.98 Å². The van der Waals surface area contributed by atoms with Gasteiger partial charge in [0, 0.05) is 12.4 Å². The highest BCUT2D eigenvalue weighted by atomic mass is 79.9. The highest BCUT2D eigenvalue weighted by molar-refractivity contribution is 9.10. The maximum Gasteiger partial charge on any atom is 0.173 e. The van der Waals surface area contributed by atoms with Gasteiger partial charge in [-0.05, 0) is 39.2 Å². The van der Waals surface area contributed by atoms with Crippen LogP contribution in [0.4, 0.5) is 8.78 Å². The van der Waals surface area contributed by atoms with Crippen molar-refractivity contribution in [2.75, 3.05) is 0 Å². The third-order valence-corrected chi connectivity index (χ3v) is 3.25. The van der Waals surface area contributed by atoms with Gasteiger partial charge in [-0.2, -0.15) is 0 Å². The van der Waals surface area contributed by atoms with Crippen LogP contribution in [0.2, 0.25) is 0 Å². The van der Waals surface area contributed by atoms with Gasteiger partial charge in [0.2, 0.25) is 0 Å². The Morgan fingerprint density at radius 1 is 1.24 bits per heavy atom. The third kappa shape index (κ3) is 2.35. The molecule has 1 unspecified atom stereocenters. The molecule has 2 aromatic rings. The van der Waals surface area contributed by atoms with Gasteiger partial charge in [-0.1, -0.05) is 12.1 Å². The van der Waals surface area contributed by atoms with Gasteiger partial charge in [0.1, 0.15) is 0 Å². The summed E-state index contributed by atoms with van der Waals surface area (Å²) in [7, 11) is 0. The molecule has 0 saturated heterocycles. The molecule has 2 rings (SSSR count). The van der Waals surface area contributed by atoms with Crippen molar-refractivity contribution in [3.63, 3.8) is 0 Å². The van der Waals surface area contributed by atoms with Crippen molar-refractivity contribution in [2.24, 2.45) is 5.73 Å². The van der Waals surface area contributed by atoms with E-state index in [1.165, 1.54) is 6.07 Å². The van der Waals surface area contributed by atoms with E-state index < -0.39 is 17.7 Å². The van der Waals surface area contributed by atoms with E-state index in [9.17, 15) is 8.78 Å². The highest BCUT2D eigenvalue weighted by Crippen LogP contribution is 2.29. The van der Waals surface area contributed by atoms with Crippen LogP contribution in [0.25, 0.3) is 0 Å². The average Bonchev–Trinajstić information content (AvgIpc) is 2.36. The number of aromatic nitrogens is 1. The Hall–Kier alpha value is -1.33. The van der Waals surface area contributed by atoms with Crippen LogP contribution < -0.4 is 5.73 Å². The smallest absolute Gasteiger partial charge is 0.173 e. The molecule has 0 fully saturated rings. The maximum atomic E-state index is 13.4. The van der Waals surface area contributed by atoms with E-state index >= 15 is 0 Å². The number of nitrogens with two attached hydrogens (primary N) is 1. The largest absolute Gasteiger partial charge is 0.320 e. The lowest BCUT2D eigenvalue weighted by Gasteiger charge is -2.14. The lowest BCUT2D eigenvalue weighted by molar-refractivity contribution is 0.501. The second-order valence-corrected chi connectivity index (χ2v) is 4.32. The zero-order valence-electron chi connectivity index (χ0n) is 8.70. The fourth-order valence-corrected chi connectivity index (χ4v) is 2.09.